The molecule has 3 rings (SSSR count). The lowest BCUT2D eigenvalue weighted by molar-refractivity contribution is 0.163. The molecule has 0 aliphatic carbocycles. The zero-order valence-electron chi connectivity index (χ0n) is 12.3. The second kappa shape index (κ2) is 7.17. The van der Waals surface area contributed by atoms with Gasteiger partial charge in [0.1, 0.15) is 11.5 Å². The fourth-order valence-corrected chi connectivity index (χ4v) is 2.57. The van der Waals surface area contributed by atoms with Crippen molar-refractivity contribution in [1.29, 1.82) is 0 Å². The van der Waals surface area contributed by atoms with Gasteiger partial charge in [-0.3, -0.25) is 4.90 Å². The molecule has 0 saturated carbocycles. The van der Waals surface area contributed by atoms with Crippen molar-refractivity contribution in [2.24, 2.45) is 0 Å². The number of hydrogen-bond acceptors (Lipinski definition) is 3. The van der Waals surface area contributed by atoms with Gasteiger partial charge in [0, 0.05) is 44.5 Å². The highest BCUT2D eigenvalue weighted by Crippen LogP contribution is 2.15. The third-order valence-electron chi connectivity index (χ3n) is 3.80. The molecule has 0 amide bonds. The molecule has 2 heterocycles. The van der Waals surface area contributed by atoms with Gasteiger partial charge in [0.25, 0.3) is 0 Å². The maximum atomic E-state index is 13.7. The first-order valence-corrected chi connectivity index (χ1v) is 7.08. The van der Waals surface area contributed by atoms with Crippen molar-refractivity contribution in [2.45, 2.75) is 19.5 Å². The molecule has 120 valence electrons. The fraction of sp³-hybridized carbons (Fsp3) is 0.400. The molecule has 4 nitrogen and oxygen atoms in total. The maximum Gasteiger partial charge on any atom is 0.151 e. The average Bonchev–Trinajstić information content (AvgIpc) is 2.90. The topological polar surface area (TPSA) is 33.1 Å². The van der Waals surface area contributed by atoms with Gasteiger partial charge in [-0.1, -0.05) is 0 Å². The van der Waals surface area contributed by atoms with E-state index in [4.69, 9.17) is 0 Å². The largest absolute Gasteiger partial charge is 0.314 e. The summed E-state index contributed by atoms with van der Waals surface area (Å²) in [6.07, 6.45) is 1.71. The molecular weight excluding hydrogens is 310 g/mol. The van der Waals surface area contributed by atoms with E-state index in [9.17, 15) is 8.78 Å². The van der Waals surface area contributed by atoms with Gasteiger partial charge in [-0.05, 0) is 25.1 Å². The molecule has 1 aliphatic heterocycles. The first-order chi connectivity index (χ1) is 10.1. The molecule has 0 spiro atoms. The van der Waals surface area contributed by atoms with E-state index in [1.165, 1.54) is 16.8 Å². The van der Waals surface area contributed by atoms with Gasteiger partial charge in [-0.25, -0.2) is 13.5 Å². The van der Waals surface area contributed by atoms with Crippen molar-refractivity contribution in [3.63, 3.8) is 0 Å². The quantitative estimate of drug-likeness (QED) is 0.939. The predicted octanol–water partition coefficient (Wildman–Crippen LogP) is 2.37. The van der Waals surface area contributed by atoms with Crippen LogP contribution in [0.25, 0.3) is 5.69 Å². The lowest BCUT2D eigenvalue weighted by Gasteiger charge is -2.33. The molecule has 22 heavy (non-hydrogen) atoms. The van der Waals surface area contributed by atoms with E-state index in [0.29, 0.717) is 6.04 Å². The third-order valence-corrected chi connectivity index (χ3v) is 3.80. The van der Waals surface area contributed by atoms with Crippen molar-refractivity contribution < 1.29 is 8.78 Å². The van der Waals surface area contributed by atoms with Crippen molar-refractivity contribution in [2.75, 3.05) is 19.6 Å². The highest BCUT2D eigenvalue weighted by Gasteiger charge is 2.19. The Balaban J connectivity index is 0.00000176. The Labute approximate surface area is 134 Å². The van der Waals surface area contributed by atoms with Crippen LogP contribution in [-0.2, 0) is 6.54 Å². The lowest BCUT2D eigenvalue weighted by atomic mass is 10.2. The summed E-state index contributed by atoms with van der Waals surface area (Å²) >= 11 is 0. The number of piperazine rings is 1. The Kier molecular flexibility index (Phi) is 5.50. The first kappa shape index (κ1) is 16.9. The highest BCUT2D eigenvalue weighted by molar-refractivity contribution is 5.85. The summed E-state index contributed by atoms with van der Waals surface area (Å²) < 4.78 is 28.1. The normalized spacial score (nSPS) is 19.0. The van der Waals surface area contributed by atoms with Crippen LogP contribution in [-0.4, -0.2) is 40.4 Å². The van der Waals surface area contributed by atoms with Crippen molar-refractivity contribution in [3.8, 4) is 5.69 Å². The van der Waals surface area contributed by atoms with Gasteiger partial charge in [0.05, 0.1) is 5.69 Å². The Morgan fingerprint density at radius 2 is 2.14 bits per heavy atom. The molecular formula is C15H19ClF2N4. The number of nitrogens with zero attached hydrogens (tertiary/aromatic N) is 3. The van der Waals surface area contributed by atoms with Gasteiger partial charge in [-0.2, -0.15) is 5.10 Å². The molecule has 1 N–H and O–H groups in total. The van der Waals surface area contributed by atoms with Crippen LogP contribution in [0.5, 0.6) is 0 Å². The Morgan fingerprint density at radius 3 is 2.86 bits per heavy atom. The van der Waals surface area contributed by atoms with Crippen LogP contribution in [0.2, 0.25) is 0 Å². The van der Waals surface area contributed by atoms with Crippen molar-refractivity contribution >= 4 is 12.4 Å². The van der Waals surface area contributed by atoms with Crippen LogP contribution in [0, 0.1) is 11.6 Å². The Morgan fingerprint density at radius 1 is 1.32 bits per heavy atom. The summed E-state index contributed by atoms with van der Waals surface area (Å²) in [5.74, 6) is -1.20. The van der Waals surface area contributed by atoms with E-state index < -0.39 is 11.6 Å². The molecule has 0 bridgehead atoms. The predicted molar refractivity (Wildman–Crippen MR) is 83.5 cm³/mol. The molecule has 1 atom stereocenters. The minimum absolute atomic E-state index is 0. The van der Waals surface area contributed by atoms with Crippen molar-refractivity contribution in [1.82, 2.24) is 20.0 Å². The summed E-state index contributed by atoms with van der Waals surface area (Å²) in [5, 5.41) is 7.73. The second-order valence-corrected chi connectivity index (χ2v) is 5.37. The van der Waals surface area contributed by atoms with E-state index in [1.807, 2.05) is 6.07 Å². The standard InChI is InChI=1S/C15H18F2N4.ClH/c1-11-9-18-5-7-20(11)10-13-4-6-21(19-13)15-3-2-12(16)8-14(15)17;/h2-4,6,8,11,18H,5,7,9-10H2,1H3;1H/t11-;/m0./s1. The van der Waals surface area contributed by atoms with Crippen LogP contribution in [0.4, 0.5) is 8.78 Å². The van der Waals surface area contributed by atoms with Crippen LogP contribution in [0.15, 0.2) is 30.5 Å². The summed E-state index contributed by atoms with van der Waals surface area (Å²) in [7, 11) is 0. The van der Waals surface area contributed by atoms with Gasteiger partial charge < -0.3 is 5.32 Å². The number of nitrogens with one attached hydrogen (secondary N) is 1. The number of hydrogen-bond donors (Lipinski definition) is 1. The van der Waals surface area contributed by atoms with E-state index in [-0.39, 0.29) is 18.1 Å². The Bertz CT molecular complexity index is 632. The number of aromatic nitrogens is 2. The minimum Gasteiger partial charge on any atom is -0.314 e. The molecule has 1 aromatic carbocycles. The molecule has 1 aromatic heterocycles. The minimum atomic E-state index is -0.611. The zero-order valence-corrected chi connectivity index (χ0v) is 13.1. The number of benzene rings is 1. The molecule has 1 fully saturated rings. The van der Waals surface area contributed by atoms with E-state index in [2.05, 4.69) is 22.2 Å². The van der Waals surface area contributed by atoms with Crippen LogP contribution < -0.4 is 5.32 Å². The first-order valence-electron chi connectivity index (χ1n) is 7.08. The smallest absolute Gasteiger partial charge is 0.151 e. The summed E-state index contributed by atoms with van der Waals surface area (Å²) in [5.41, 5.74) is 1.14. The molecule has 1 saturated heterocycles. The number of halogens is 3. The molecule has 2 aromatic rings. The number of rotatable bonds is 3. The van der Waals surface area contributed by atoms with E-state index in [1.54, 1.807) is 6.20 Å². The summed E-state index contributed by atoms with van der Waals surface area (Å²) in [6.45, 7) is 5.81. The SMILES string of the molecule is C[C@H]1CNCCN1Cc1ccn(-c2ccc(F)cc2F)n1.Cl. The molecule has 1 aliphatic rings. The molecule has 0 unspecified atom stereocenters. The van der Waals surface area contributed by atoms with Gasteiger partial charge in [0.2, 0.25) is 0 Å². The molecule has 7 heteroatoms. The van der Waals surface area contributed by atoms with E-state index in [0.717, 1.165) is 37.9 Å². The summed E-state index contributed by atoms with van der Waals surface area (Å²) in [4.78, 5) is 2.34. The second-order valence-electron chi connectivity index (χ2n) is 5.37. The van der Waals surface area contributed by atoms with Gasteiger partial charge >= 0.3 is 0 Å². The van der Waals surface area contributed by atoms with Gasteiger partial charge in [0.15, 0.2) is 5.82 Å². The van der Waals surface area contributed by atoms with E-state index >= 15 is 0 Å². The Hall–Kier alpha value is -1.50. The monoisotopic (exact) mass is 328 g/mol. The zero-order chi connectivity index (χ0) is 14.8. The highest BCUT2D eigenvalue weighted by atomic mass is 35.5. The van der Waals surface area contributed by atoms with Crippen LogP contribution in [0.1, 0.15) is 12.6 Å². The van der Waals surface area contributed by atoms with Crippen molar-refractivity contribution in [3.05, 3.63) is 47.8 Å². The van der Waals surface area contributed by atoms with Crippen LogP contribution >= 0.6 is 12.4 Å². The lowest BCUT2D eigenvalue weighted by Crippen LogP contribution is -2.49. The van der Waals surface area contributed by atoms with Crippen LogP contribution in [0.3, 0.4) is 0 Å². The molecule has 0 radical (unpaired) electrons. The summed E-state index contributed by atoms with van der Waals surface area (Å²) in [6, 6.07) is 5.83. The third kappa shape index (κ3) is 3.63. The maximum absolute atomic E-state index is 13.7. The van der Waals surface area contributed by atoms with Gasteiger partial charge in [-0.15, -0.1) is 12.4 Å². The fourth-order valence-electron chi connectivity index (χ4n) is 2.57. The average molecular weight is 329 g/mol.